The number of ether oxygens (including phenoxy) is 1. The van der Waals surface area contributed by atoms with Crippen molar-refractivity contribution in [3.05, 3.63) is 89.2 Å². The lowest BCUT2D eigenvalue weighted by Crippen LogP contribution is -2.55. The predicted octanol–water partition coefficient (Wildman–Crippen LogP) is 6.15. The van der Waals surface area contributed by atoms with E-state index < -0.39 is 0 Å². The standard InChI is InChI=1S/C30H30N2O3/c1-19-13-14-20(17-31-19)29(33)21-15-22-7-6-8-23(16-21)32(22)30(34)35-18-28-26-11-4-2-9-24(26)25-10-3-5-12-27(25)28/h2-5,9-14,17,21-23,28H,6-8,15-16,18H2,1H3. The number of rotatable bonds is 4. The van der Waals surface area contributed by atoms with Crippen molar-refractivity contribution < 1.29 is 14.3 Å². The lowest BCUT2D eigenvalue weighted by atomic mass is 9.76. The third kappa shape index (κ3) is 3.93. The van der Waals surface area contributed by atoms with Crippen LogP contribution in [0.5, 0.6) is 0 Å². The number of amides is 1. The zero-order chi connectivity index (χ0) is 23.9. The molecule has 35 heavy (non-hydrogen) atoms. The normalized spacial score (nSPS) is 22.9. The van der Waals surface area contributed by atoms with Crippen molar-refractivity contribution in [3.63, 3.8) is 0 Å². The molecule has 2 unspecified atom stereocenters. The Bertz CT molecular complexity index is 1210. The average Bonchev–Trinajstić information content (AvgIpc) is 3.20. The predicted molar refractivity (Wildman–Crippen MR) is 134 cm³/mol. The van der Waals surface area contributed by atoms with Gasteiger partial charge in [0.1, 0.15) is 6.61 Å². The van der Waals surface area contributed by atoms with E-state index in [1.165, 1.54) is 22.3 Å². The van der Waals surface area contributed by atoms with Crippen LogP contribution in [-0.4, -0.2) is 40.5 Å². The van der Waals surface area contributed by atoms with Crippen LogP contribution in [0.2, 0.25) is 0 Å². The topological polar surface area (TPSA) is 59.5 Å². The number of pyridine rings is 1. The molecular formula is C30H30N2O3. The minimum atomic E-state index is -0.232. The second kappa shape index (κ2) is 8.95. The fourth-order valence-electron chi connectivity index (χ4n) is 6.41. The summed E-state index contributed by atoms with van der Waals surface area (Å²) in [6.45, 7) is 2.26. The molecule has 2 atom stereocenters. The summed E-state index contributed by atoms with van der Waals surface area (Å²) >= 11 is 0. The molecule has 6 rings (SSSR count). The molecule has 1 amide bonds. The number of carbonyl (C=O) groups is 2. The SMILES string of the molecule is Cc1ccc(C(=O)C2CC3CCCC(C2)N3C(=O)OCC2c3ccccc3-c3ccccc32)cn1. The molecule has 1 aromatic heterocycles. The van der Waals surface area contributed by atoms with Crippen molar-refractivity contribution in [2.75, 3.05) is 6.61 Å². The molecule has 0 spiro atoms. The molecule has 178 valence electrons. The minimum Gasteiger partial charge on any atom is -0.448 e. The molecule has 2 bridgehead atoms. The zero-order valence-corrected chi connectivity index (χ0v) is 20.0. The number of aromatic nitrogens is 1. The first-order valence-corrected chi connectivity index (χ1v) is 12.7. The van der Waals surface area contributed by atoms with Crippen LogP contribution in [0.25, 0.3) is 11.1 Å². The highest BCUT2D eigenvalue weighted by Gasteiger charge is 2.44. The molecule has 5 heteroatoms. The Balaban J connectivity index is 1.16. The zero-order valence-electron chi connectivity index (χ0n) is 20.0. The Kier molecular flexibility index (Phi) is 5.63. The van der Waals surface area contributed by atoms with Gasteiger partial charge in [-0.2, -0.15) is 0 Å². The van der Waals surface area contributed by atoms with Crippen LogP contribution in [0, 0.1) is 12.8 Å². The van der Waals surface area contributed by atoms with E-state index in [1.54, 1.807) is 6.20 Å². The van der Waals surface area contributed by atoms with Gasteiger partial charge in [0.15, 0.2) is 5.78 Å². The molecule has 3 heterocycles. The van der Waals surface area contributed by atoms with Crippen molar-refractivity contribution in [3.8, 4) is 11.1 Å². The van der Waals surface area contributed by atoms with E-state index in [2.05, 4.69) is 53.5 Å². The van der Waals surface area contributed by atoms with Gasteiger partial charge in [-0.25, -0.2) is 4.79 Å². The van der Waals surface area contributed by atoms with Gasteiger partial charge in [-0.15, -0.1) is 0 Å². The summed E-state index contributed by atoms with van der Waals surface area (Å²) in [4.78, 5) is 32.8. The van der Waals surface area contributed by atoms with Gasteiger partial charge >= 0.3 is 6.09 Å². The number of benzene rings is 2. The van der Waals surface area contributed by atoms with Crippen LogP contribution in [0.1, 0.15) is 65.2 Å². The molecule has 3 aromatic rings. The van der Waals surface area contributed by atoms with Crippen molar-refractivity contribution in [2.24, 2.45) is 5.92 Å². The fraction of sp³-hybridized carbons (Fsp3) is 0.367. The van der Waals surface area contributed by atoms with Gasteiger partial charge in [-0.1, -0.05) is 48.5 Å². The quantitative estimate of drug-likeness (QED) is 0.433. The summed E-state index contributed by atoms with van der Waals surface area (Å²) in [6, 6.07) is 20.7. The lowest BCUT2D eigenvalue weighted by molar-refractivity contribution is 0.00650. The molecule has 3 aliphatic rings. The maximum atomic E-state index is 13.4. The van der Waals surface area contributed by atoms with Crippen LogP contribution in [0.3, 0.4) is 0 Å². The first-order valence-electron chi connectivity index (χ1n) is 12.7. The third-order valence-electron chi connectivity index (χ3n) is 8.09. The first kappa shape index (κ1) is 22.0. The summed E-state index contributed by atoms with van der Waals surface area (Å²) in [7, 11) is 0. The maximum absolute atomic E-state index is 13.4. The monoisotopic (exact) mass is 466 g/mol. The summed E-state index contributed by atoms with van der Waals surface area (Å²) in [5, 5.41) is 0. The smallest absolute Gasteiger partial charge is 0.410 e. The molecule has 2 saturated heterocycles. The van der Waals surface area contributed by atoms with Crippen molar-refractivity contribution in [2.45, 2.75) is 57.0 Å². The molecule has 1 aliphatic carbocycles. The van der Waals surface area contributed by atoms with Crippen LogP contribution < -0.4 is 0 Å². The maximum Gasteiger partial charge on any atom is 0.410 e. The Morgan fingerprint density at radius 3 is 2.14 bits per heavy atom. The van der Waals surface area contributed by atoms with Gasteiger partial charge in [0.25, 0.3) is 0 Å². The Labute approximate surface area is 206 Å². The number of carbonyl (C=O) groups excluding carboxylic acids is 2. The van der Waals surface area contributed by atoms with Gasteiger partial charge in [-0.05, 0) is 73.4 Å². The number of aryl methyl sites for hydroxylation is 1. The van der Waals surface area contributed by atoms with Crippen molar-refractivity contribution >= 4 is 11.9 Å². The Morgan fingerprint density at radius 2 is 1.54 bits per heavy atom. The van der Waals surface area contributed by atoms with Crippen molar-refractivity contribution in [1.82, 2.24) is 9.88 Å². The van der Waals surface area contributed by atoms with Crippen molar-refractivity contribution in [1.29, 1.82) is 0 Å². The number of hydrogen-bond donors (Lipinski definition) is 0. The van der Waals surface area contributed by atoms with E-state index >= 15 is 0 Å². The van der Waals surface area contributed by atoms with E-state index in [4.69, 9.17) is 4.74 Å². The molecule has 2 fully saturated rings. The molecule has 5 nitrogen and oxygen atoms in total. The summed E-state index contributed by atoms with van der Waals surface area (Å²) in [5.74, 6) is 0.147. The van der Waals surface area contributed by atoms with Crippen LogP contribution in [-0.2, 0) is 4.74 Å². The van der Waals surface area contributed by atoms with Gasteiger partial charge in [0.2, 0.25) is 0 Å². The van der Waals surface area contributed by atoms with E-state index in [9.17, 15) is 9.59 Å². The van der Waals surface area contributed by atoms with Gasteiger partial charge in [-0.3, -0.25) is 9.78 Å². The largest absolute Gasteiger partial charge is 0.448 e. The second-order valence-corrected chi connectivity index (χ2v) is 10.2. The average molecular weight is 467 g/mol. The second-order valence-electron chi connectivity index (χ2n) is 10.2. The highest BCUT2D eigenvalue weighted by atomic mass is 16.6. The highest BCUT2D eigenvalue weighted by Crippen LogP contribution is 2.45. The van der Waals surface area contributed by atoms with E-state index in [0.29, 0.717) is 25.0 Å². The van der Waals surface area contributed by atoms with Gasteiger partial charge in [0.05, 0.1) is 0 Å². The molecule has 0 N–H and O–H groups in total. The van der Waals surface area contributed by atoms with E-state index in [-0.39, 0.29) is 35.8 Å². The Morgan fingerprint density at radius 1 is 0.914 bits per heavy atom. The molecular weight excluding hydrogens is 436 g/mol. The summed E-state index contributed by atoms with van der Waals surface area (Å²) < 4.78 is 6.00. The minimum absolute atomic E-state index is 0.0549. The third-order valence-corrected chi connectivity index (χ3v) is 8.09. The number of fused-ring (bicyclic) bond motifs is 5. The van der Waals surface area contributed by atoms with Gasteiger partial charge < -0.3 is 9.64 Å². The lowest BCUT2D eigenvalue weighted by Gasteiger charge is -2.47. The number of piperidine rings is 2. The number of ketones is 1. The highest BCUT2D eigenvalue weighted by molar-refractivity contribution is 5.97. The van der Waals surface area contributed by atoms with Crippen LogP contribution in [0.15, 0.2) is 66.9 Å². The van der Waals surface area contributed by atoms with E-state index in [0.717, 1.165) is 25.0 Å². The number of nitrogens with zero attached hydrogens (tertiary/aromatic N) is 2. The van der Waals surface area contributed by atoms with Crippen LogP contribution in [0.4, 0.5) is 4.79 Å². The van der Waals surface area contributed by atoms with E-state index in [1.807, 2.05) is 24.0 Å². The van der Waals surface area contributed by atoms with Gasteiger partial charge in [0, 0.05) is 41.4 Å². The summed E-state index contributed by atoms with van der Waals surface area (Å²) in [6.07, 6.45) is 5.80. The molecule has 0 saturated carbocycles. The fourth-order valence-corrected chi connectivity index (χ4v) is 6.41. The molecule has 2 aliphatic heterocycles. The van der Waals surface area contributed by atoms with Crippen LogP contribution >= 0.6 is 0 Å². The molecule has 0 radical (unpaired) electrons. The first-order chi connectivity index (χ1) is 17.1. The molecule has 2 aromatic carbocycles. The number of Topliss-reactive ketones (excluding diaryl/α,β-unsaturated/α-hetero) is 1. The summed E-state index contributed by atoms with van der Waals surface area (Å²) in [5.41, 5.74) is 6.48. The Hall–Kier alpha value is -3.47. The number of hydrogen-bond acceptors (Lipinski definition) is 4.